The van der Waals surface area contributed by atoms with Crippen LogP contribution in [0.2, 0.25) is 0 Å². The number of hydrogen-bond donors (Lipinski definition) is 1. The summed E-state index contributed by atoms with van der Waals surface area (Å²) in [6, 6.07) is 7.65. The smallest absolute Gasteiger partial charge is 0.325 e. The quantitative estimate of drug-likeness (QED) is 0.458. The molecular weight excluding hydrogens is 426 g/mol. The van der Waals surface area contributed by atoms with Gasteiger partial charge in [0, 0.05) is 17.8 Å². The van der Waals surface area contributed by atoms with Gasteiger partial charge in [-0.15, -0.1) is 0 Å². The molecule has 0 fully saturated rings. The molecule has 3 rings (SSSR count). The molecule has 10 nitrogen and oxygen atoms in total. The van der Waals surface area contributed by atoms with Crippen molar-refractivity contribution < 1.29 is 26.9 Å². The lowest BCUT2D eigenvalue weighted by Crippen LogP contribution is -2.28. The van der Waals surface area contributed by atoms with Gasteiger partial charge in [-0.3, -0.25) is 24.3 Å². The Hall–Kier alpha value is -3.74. The largest absolute Gasteiger partial charge is 0.341 e. The Balaban J connectivity index is 1.79. The lowest BCUT2D eigenvalue weighted by atomic mass is 10.2. The lowest BCUT2D eigenvalue weighted by molar-refractivity contribution is -0.384. The number of hydrogen-bond acceptors (Lipinski definition) is 7. The fraction of sp³-hybridized carbons (Fsp3) is 0.118. The Labute approximate surface area is 166 Å². The first-order chi connectivity index (χ1) is 14.1. The SMILES string of the molecule is O=C(Cn1cnc2ccc([N+](=O)[O-])cc2c1=O)Nc1ccc(S(=O)(=O)C(F)F)cc1. The van der Waals surface area contributed by atoms with Crippen LogP contribution in [0.1, 0.15) is 0 Å². The fourth-order valence-electron chi connectivity index (χ4n) is 2.56. The number of rotatable bonds is 6. The van der Waals surface area contributed by atoms with Gasteiger partial charge in [-0.25, -0.2) is 13.4 Å². The van der Waals surface area contributed by atoms with Crippen LogP contribution >= 0.6 is 0 Å². The molecule has 0 spiro atoms. The van der Waals surface area contributed by atoms with Crippen molar-refractivity contribution in [3.63, 3.8) is 0 Å². The second-order valence-electron chi connectivity index (χ2n) is 6.01. The number of fused-ring (bicyclic) bond motifs is 1. The molecule has 30 heavy (non-hydrogen) atoms. The number of alkyl halides is 2. The van der Waals surface area contributed by atoms with Gasteiger partial charge < -0.3 is 5.32 Å². The Bertz CT molecular complexity index is 1310. The summed E-state index contributed by atoms with van der Waals surface area (Å²) in [6.45, 7) is -0.485. The van der Waals surface area contributed by atoms with Crippen molar-refractivity contribution in [2.75, 3.05) is 5.32 Å². The van der Waals surface area contributed by atoms with Crippen LogP contribution in [-0.2, 0) is 21.2 Å². The van der Waals surface area contributed by atoms with Gasteiger partial charge in [0.1, 0.15) is 6.54 Å². The predicted octanol–water partition coefficient (Wildman–Crippen LogP) is 1.94. The number of nitro benzene ring substituents is 1. The lowest BCUT2D eigenvalue weighted by Gasteiger charge is -2.09. The number of carbonyl (C=O) groups is 1. The molecule has 156 valence electrons. The maximum absolute atomic E-state index is 12.5. The second-order valence-corrected chi connectivity index (χ2v) is 7.93. The van der Waals surface area contributed by atoms with Crippen LogP contribution < -0.4 is 10.9 Å². The van der Waals surface area contributed by atoms with Crippen molar-refractivity contribution in [2.24, 2.45) is 0 Å². The molecule has 0 saturated carbocycles. The molecule has 0 atom stereocenters. The van der Waals surface area contributed by atoms with Gasteiger partial charge in [-0.1, -0.05) is 0 Å². The highest BCUT2D eigenvalue weighted by atomic mass is 32.2. The number of nitro groups is 1. The number of halogens is 2. The van der Waals surface area contributed by atoms with Gasteiger partial charge >= 0.3 is 5.76 Å². The van der Waals surface area contributed by atoms with E-state index in [0.29, 0.717) is 0 Å². The fourth-order valence-corrected chi connectivity index (χ4v) is 3.28. The van der Waals surface area contributed by atoms with E-state index in [0.717, 1.165) is 41.2 Å². The maximum Gasteiger partial charge on any atom is 0.341 e. The number of aromatic nitrogens is 2. The van der Waals surface area contributed by atoms with Crippen molar-refractivity contribution in [1.82, 2.24) is 9.55 Å². The summed E-state index contributed by atoms with van der Waals surface area (Å²) in [5.74, 6) is -4.26. The third-order valence-corrected chi connectivity index (χ3v) is 5.43. The van der Waals surface area contributed by atoms with Gasteiger partial charge in [0.25, 0.3) is 11.2 Å². The van der Waals surface area contributed by atoms with Crippen LogP contribution in [-0.4, -0.2) is 34.6 Å². The van der Waals surface area contributed by atoms with E-state index in [2.05, 4.69) is 10.3 Å². The van der Waals surface area contributed by atoms with Crippen LogP contribution in [0.3, 0.4) is 0 Å². The first kappa shape index (κ1) is 21.0. The van der Waals surface area contributed by atoms with Crippen LogP contribution in [0, 0.1) is 10.1 Å². The van der Waals surface area contributed by atoms with E-state index in [1.807, 2.05) is 0 Å². The van der Waals surface area contributed by atoms with E-state index in [1.165, 1.54) is 12.1 Å². The first-order valence-corrected chi connectivity index (χ1v) is 9.70. The Morgan fingerprint density at radius 2 is 1.87 bits per heavy atom. The average molecular weight is 438 g/mol. The monoisotopic (exact) mass is 438 g/mol. The standard InChI is InChI=1S/C17H12F2N4O6S/c18-17(19)30(28,29)12-4-1-10(2-5-12)21-15(24)8-22-9-20-14-6-3-11(23(26)27)7-13(14)16(22)25/h1-7,9,17H,8H2,(H,21,24). The molecule has 1 N–H and O–H groups in total. The summed E-state index contributed by atoms with van der Waals surface area (Å²) in [4.78, 5) is 38.3. The van der Waals surface area contributed by atoms with E-state index in [-0.39, 0.29) is 22.3 Å². The molecule has 3 aromatic rings. The minimum Gasteiger partial charge on any atom is -0.325 e. The molecule has 2 aromatic carbocycles. The number of benzene rings is 2. The van der Waals surface area contributed by atoms with Crippen molar-refractivity contribution in [2.45, 2.75) is 17.2 Å². The summed E-state index contributed by atoms with van der Waals surface area (Å²) in [5.41, 5.74) is -0.636. The normalized spacial score (nSPS) is 11.6. The molecular formula is C17H12F2N4O6S. The summed E-state index contributed by atoms with van der Waals surface area (Å²) in [7, 11) is -4.75. The van der Waals surface area contributed by atoms with Crippen LogP contribution in [0.4, 0.5) is 20.2 Å². The number of sulfone groups is 1. The minimum absolute atomic E-state index is 0.0407. The maximum atomic E-state index is 12.5. The number of anilines is 1. The van der Waals surface area contributed by atoms with Crippen LogP contribution in [0.25, 0.3) is 10.9 Å². The molecule has 1 heterocycles. The average Bonchev–Trinajstić information content (AvgIpc) is 2.70. The van der Waals surface area contributed by atoms with E-state index >= 15 is 0 Å². The van der Waals surface area contributed by atoms with E-state index in [9.17, 15) is 36.9 Å². The van der Waals surface area contributed by atoms with Gasteiger partial charge in [-0.2, -0.15) is 8.78 Å². The number of nitrogens with one attached hydrogen (secondary N) is 1. The molecule has 0 saturated heterocycles. The highest BCUT2D eigenvalue weighted by Gasteiger charge is 2.26. The molecule has 0 aliphatic rings. The zero-order valence-corrected chi connectivity index (χ0v) is 15.7. The molecule has 13 heteroatoms. The molecule has 0 aliphatic heterocycles. The Morgan fingerprint density at radius 3 is 2.47 bits per heavy atom. The van der Waals surface area contributed by atoms with Crippen molar-refractivity contribution >= 4 is 38.0 Å². The summed E-state index contributed by atoms with van der Waals surface area (Å²) in [6.07, 6.45) is 1.11. The number of carbonyl (C=O) groups excluding carboxylic acids is 1. The summed E-state index contributed by atoms with van der Waals surface area (Å²) < 4.78 is 48.8. The third-order valence-electron chi connectivity index (χ3n) is 4.03. The van der Waals surface area contributed by atoms with Gasteiger partial charge in [-0.05, 0) is 30.3 Å². The summed E-state index contributed by atoms with van der Waals surface area (Å²) in [5, 5.41) is 13.2. The van der Waals surface area contributed by atoms with Crippen LogP contribution in [0.15, 0.2) is 58.5 Å². The second kappa shape index (κ2) is 7.94. The zero-order valence-electron chi connectivity index (χ0n) is 14.9. The third kappa shape index (κ3) is 4.15. The summed E-state index contributed by atoms with van der Waals surface area (Å²) >= 11 is 0. The van der Waals surface area contributed by atoms with E-state index < -0.39 is 43.4 Å². The predicted molar refractivity (Wildman–Crippen MR) is 101 cm³/mol. The van der Waals surface area contributed by atoms with Gasteiger partial charge in [0.05, 0.1) is 27.0 Å². The molecule has 0 bridgehead atoms. The highest BCUT2D eigenvalue weighted by molar-refractivity contribution is 7.91. The van der Waals surface area contributed by atoms with E-state index in [1.54, 1.807) is 0 Å². The van der Waals surface area contributed by atoms with Crippen molar-refractivity contribution in [3.8, 4) is 0 Å². The highest BCUT2D eigenvalue weighted by Crippen LogP contribution is 2.20. The molecule has 1 amide bonds. The Morgan fingerprint density at radius 1 is 1.20 bits per heavy atom. The van der Waals surface area contributed by atoms with E-state index in [4.69, 9.17) is 0 Å². The molecule has 0 aliphatic carbocycles. The zero-order chi connectivity index (χ0) is 22.1. The molecule has 0 radical (unpaired) electrons. The molecule has 0 unspecified atom stereocenters. The van der Waals surface area contributed by atoms with Crippen LogP contribution in [0.5, 0.6) is 0 Å². The van der Waals surface area contributed by atoms with Crippen molar-refractivity contribution in [1.29, 1.82) is 0 Å². The first-order valence-electron chi connectivity index (χ1n) is 8.15. The Kier molecular flexibility index (Phi) is 5.56. The van der Waals surface area contributed by atoms with Gasteiger partial charge in [0.2, 0.25) is 15.7 Å². The minimum atomic E-state index is -4.75. The number of amides is 1. The number of nitrogens with zero attached hydrogens (tertiary/aromatic N) is 3. The topological polar surface area (TPSA) is 141 Å². The molecule has 1 aromatic heterocycles. The van der Waals surface area contributed by atoms with Crippen molar-refractivity contribution in [3.05, 3.63) is 69.3 Å². The van der Waals surface area contributed by atoms with Gasteiger partial charge in [0.15, 0.2) is 0 Å². The number of non-ortho nitro benzene ring substituents is 1.